The average molecular weight is 312 g/mol. The van der Waals surface area contributed by atoms with E-state index in [9.17, 15) is 4.79 Å². The average Bonchev–Trinajstić information content (AvgIpc) is 2.68. The summed E-state index contributed by atoms with van der Waals surface area (Å²) in [5.41, 5.74) is 0.712. The van der Waals surface area contributed by atoms with Crippen molar-refractivity contribution in [1.29, 1.82) is 0 Å². The molecule has 2 atom stereocenters. The molecule has 0 N–H and O–H groups in total. The molecular formula is C14H18BrNO2. The first-order valence-corrected chi connectivity index (χ1v) is 6.95. The van der Waals surface area contributed by atoms with Crippen LogP contribution in [-0.4, -0.2) is 31.0 Å². The highest BCUT2D eigenvalue weighted by Gasteiger charge is 2.29. The number of hydrogen-bond donors (Lipinski definition) is 0. The Labute approximate surface area is 116 Å². The van der Waals surface area contributed by atoms with Gasteiger partial charge in [-0.15, -0.1) is 0 Å². The van der Waals surface area contributed by atoms with Gasteiger partial charge in [0.05, 0.1) is 11.6 Å². The summed E-state index contributed by atoms with van der Waals surface area (Å²) in [6.07, 6.45) is 0. The molecular weight excluding hydrogens is 294 g/mol. The van der Waals surface area contributed by atoms with E-state index in [0.717, 1.165) is 23.3 Å². The zero-order chi connectivity index (χ0) is 13.3. The van der Waals surface area contributed by atoms with Crippen LogP contribution in [0.5, 0.6) is 5.75 Å². The van der Waals surface area contributed by atoms with E-state index >= 15 is 0 Å². The Kier molecular flexibility index (Phi) is 3.95. The molecule has 1 aromatic rings. The van der Waals surface area contributed by atoms with E-state index in [0.29, 0.717) is 17.4 Å². The molecule has 1 aliphatic heterocycles. The molecule has 1 saturated heterocycles. The molecule has 18 heavy (non-hydrogen) atoms. The summed E-state index contributed by atoms with van der Waals surface area (Å²) in [6, 6.07) is 5.47. The van der Waals surface area contributed by atoms with Gasteiger partial charge in [-0.2, -0.15) is 0 Å². The lowest BCUT2D eigenvalue weighted by molar-refractivity contribution is 0.0785. The minimum Gasteiger partial charge on any atom is -0.496 e. The maximum atomic E-state index is 12.4. The summed E-state index contributed by atoms with van der Waals surface area (Å²) < 4.78 is 5.98. The number of halogens is 1. The van der Waals surface area contributed by atoms with E-state index in [1.165, 1.54) is 0 Å². The smallest absolute Gasteiger partial charge is 0.253 e. The van der Waals surface area contributed by atoms with Crippen molar-refractivity contribution in [3.8, 4) is 5.75 Å². The zero-order valence-electron chi connectivity index (χ0n) is 10.9. The van der Waals surface area contributed by atoms with Gasteiger partial charge in [0.2, 0.25) is 0 Å². The number of nitrogens with zero attached hydrogens (tertiary/aromatic N) is 1. The molecule has 2 unspecified atom stereocenters. The molecule has 0 radical (unpaired) electrons. The maximum absolute atomic E-state index is 12.4. The van der Waals surface area contributed by atoms with Crippen molar-refractivity contribution in [1.82, 2.24) is 4.90 Å². The lowest BCUT2D eigenvalue weighted by Gasteiger charge is -2.16. The van der Waals surface area contributed by atoms with Gasteiger partial charge >= 0.3 is 0 Å². The molecule has 1 aromatic carbocycles. The highest BCUT2D eigenvalue weighted by Crippen LogP contribution is 2.28. The Hall–Kier alpha value is -1.03. The number of rotatable bonds is 2. The molecule has 1 amide bonds. The Morgan fingerprint density at radius 1 is 1.33 bits per heavy atom. The summed E-state index contributed by atoms with van der Waals surface area (Å²) in [4.78, 5) is 14.3. The maximum Gasteiger partial charge on any atom is 0.253 e. The quantitative estimate of drug-likeness (QED) is 0.839. The van der Waals surface area contributed by atoms with E-state index in [1.807, 2.05) is 23.1 Å². The van der Waals surface area contributed by atoms with Crippen LogP contribution in [0.3, 0.4) is 0 Å². The molecule has 0 spiro atoms. The van der Waals surface area contributed by atoms with E-state index in [1.54, 1.807) is 7.11 Å². The third kappa shape index (κ3) is 2.53. The fourth-order valence-electron chi connectivity index (χ4n) is 2.28. The minimum absolute atomic E-state index is 0.106. The lowest BCUT2D eigenvalue weighted by Crippen LogP contribution is -2.28. The summed E-state index contributed by atoms with van der Waals surface area (Å²) in [6.45, 7) is 6.09. The molecule has 1 aliphatic rings. The molecule has 0 aromatic heterocycles. The second-order valence-corrected chi connectivity index (χ2v) is 5.87. The number of amides is 1. The predicted octanol–water partition coefficient (Wildman–Crippen LogP) is 3.19. The normalized spacial score (nSPS) is 23.2. The predicted molar refractivity (Wildman–Crippen MR) is 74.9 cm³/mol. The third-order valence-electron chi connectivity index (χ3n) is 3.67. The lowest BCUT2D eigenvalue weighted by atomic mass is 10.0. The summed E-state index contributed by atoms with van der Waals surface area (Å²) in [5.74, 6) is 2.01. The topological polar surface area (TPSA) is 29.5 Å². The van der Waals surface area contributed by atoms with Crippen LogP contribution in [0.2, 0.25) is 0 Å². The van der Waals surface area contributed by atoms with Gasteiger partial charge < -0.3 is 9.64 Å². The highest BCUT2D eigenvalue weighted by atomic mass is 79.9. The molecule has 0 saturated carbocycles. The molecule has 1 fully saturated rings. The third-order valence-corrected chi connectivity index (χ3v) is 4.29. The van der Waals surface area contributed by atoms with Crippen LogP contribution in [0.1, 0.15) is 24.2 Å². The molecule has 4 heteroatoms. The van der Waals surface area contributed by atoms with Crippen LogP contribution in [0.4, 0.5) is 0 Å². The van der Waals surface area contributed by atoms with Crippen molar-refractivity contribution in [2.45, 2.75) is 13.8 Å². The molecule has 98 valence electrons. The van der Waals surface area contributed by atoms with Gasteiger partial charge in [-0.1, -0.05) is 13.8 Å². The van der Waals surface area contributed by atoms with Crippen LogP contribution < -0.4 is 4.74 Å². The summed E-state index contributed by atoms with van der Waals surface area (Å²) in [7, 11) is 1.62. The van der Waals surface area contributed by atoms with Gasteiger partial charge in [0, 0.05) is 18.7 Å². The SMILES string of the molecule is COc1ccc(C(=O)N2CC(C)C(C)C2)cc1Br. The molecule has 3 nitrogen and oxygen atoms in total. The van der Waals surface area contributed by atoms with Crippen molar-refractivity contribution in [2.75, 3.05) is 20.2 Å². The van der Waals surface area contributed by atoms with Gasteiger partial charge in [0.15, 0.2) is 0 Å². The zero-order valence-corrected chi connectivity index (χ0v) is 12.5. The van der Waals surface area contributed by atoms with E-state index in [2.05, 4.69) is 29.8 Å². The van der Waals surface area contributed by atoms with Crippen molar-refractivity contribution < 1.29 is 9.53 Å². The van der Waals surface area contributed by atoms with Gasteiger partial charge in [-0.3, -0.25) is 4.79 Å². The first kappa shape index (κ1) is 13.4. The van der Waals surface area contributed by atoms with Crippen molar-refractivity contribution in [3.63, 3.8) is 0 Å². The number of carbonyl (C=O) groups is 1. The number of likely N-dealkylation sites (tertiary alicyclic amines) is 1. The summed E-state index contributed by atoms with van der Waals surface area (Å²) in [5, 5.41) is 0. The number of methoxy groups -OCH3 is 1. The van der Waals surface area contributed by atoms with Gasteiger partial charge in [-0.25, -0.2) is 0 Å². The number of benzene rings is 1. The second-order valence-electron chi connectivity index (χ2n) is 5.01. The van der Waals surface area contributed by atoms with Gasteiger partial charge in [0.25, 0.3) is 5.91 Å². The van der Waals surface area contributed by atoms with Crippen molar-refractivity contribution in [3.05, 3.63) is 28.2 Å². The largest absolute Gasteiger partial charge is 0.496 e. The van der Waals surface area contributed by atoms with E-state index < -0.39 is 0 Å². The fraction of sp³-hybridized carbons (Fsp3) is 0.500. The Balaban J connectivity index is 2.17. The van der Waals surface area contributed by atoms with Gasteiger partial charge in [0.1, 0.15) is 5.75 Å². The Morgan fingerprint density at radius 3 is 2.44 bits per heavy atom. The Bertz CT molecular complexity index is 451. The van der Waals surface area contributed by atoms with E-state index in [-0.39, 0.29) is 5.91 Å². The monoisotopic (exact) mass is 311 g/mol. The molecule has 2 rings (SSSR count). The fourth-order valence-corrected chi connectivity index (χ4v) is 2.82. The standard InChI is InChI=1S/C14H18BrNO2/c1-9-7-16(8-10(9)2)14(17)11-4-5-13(18-3)12(15)6-11/h4-6,9-10H,7-8H2,1-3H3. The van der Waals surface area contributed by atoms with E-state index in [4.69, 9.17) is 4.74 Å². The number of hydrogen-bond acceptors (Lipinski definition) is 2. The summed E-state index contributed by atoms with van der Waals surface area (Å²) >= 11 is 3.41. The van der Waals surface area contributed by atoms with Crippen LogP contribution in [0.25, 0.3) is 0 Å². The number of ether oxygens (including phenoxy) is 1. The molecule has 0 bridgehead atoms. The number of carbonyl (C=O) groups excluding carboxylic acids is 1. The van der Waals surface area contributed by atoms with Crippen LogP contribution in [-0.2, 0) is 0 Å². The first-order chi connectivity index (χ1) is 8.52. The van der Waals surface area contributed by atoms with Crippen molar-refractivity contribution in [2.24, 2.45) is 11.8 Å². The Morgan fingerprint density at radius 2 is 1.94 bits per heavy atom. The van der Waals surface area contributed by atoms with Crippen LogP contribution >= 0.6 is 15.9 Å². The second kappa shape index (κ2) is 5.31. The highest BCUT2D eigenvalue weighted by molar-refractivity contribution is 9.10. The van der Waals surface area contributed by atoms with Crippen molar-refractivity contribution >= 4 is 21.8 Å². The molecule has 0 aliphatic carbocycles. The minimum atomic E-state index is 0.106. The first-order valence-electron chi connectivity index (χ1n) is 6.15. The van der Waals surface area contributed by atoms with Gasteiger partial charge in [-0.05, 0) is 46.0 Å². The van der Waals surface area contributed by atoms with Crippen LogP contribution in [0.15, 0.2) is 22.7 Å². The molecule has 1 heterocycles. The van der Waals surface area contributed by atoms with Crippen LogP contribution in [0, 0.1) is 11.8 Å².